The average Bonchev–Trinajstić information content (AvgIpc) is 2.23. The van der Waals surface area contributed by atoms with E-state index < -0.39 is 12.6 Å². The first-order valence-electron chi connectivity index (χ1n) is 5.73. The molecule has 18 heavy (non-hydrogen) atoms. The third-order valence-corrected chi connectivity index (χ3v) is 3.29. The van der Waals surface area contributed by atoms with Crippen LogP contribution in [0.25, 0.3) is 0 Å². The first-order chi connectivity index (χ1) is 8.37. The zero-order chi connectivity index (χ0) is 13.8. The molecule has 0 amide bonds. The fourth-order valence-electron chi connectivity index (χ4n) is 1.49. The molecular weight excluding hydrogens is 358 g/mol. The highest BCUT2D eigenvalue weighted by molar-refractivity contribution is 14.1. The van der Waals surface area contributed by atoms with Crippen molar-refractivity contribution in [3.8, 4) is 0 Å². The largest absolute Gasteiger partial charge is 0.396 e. The Kier molecular flexibility index (Phi) is 5.61. The predicted molar refractivity (Wildman–Crippen MR) is 72.7 cm³/mol. The maximum atomic E-state index is 12.4. The molecule has 0 aromatic carbocycles. The summed E-state index contributed by atoms with van der Waals surface area (Å²) in [6, 6.07) is 0. The smallest absolute Gasteiger partial charge is 0.369 e. The monoisotopic (exact) mass is 373 g/mol. The molecule has 0 spiro atoms. The lowest BCUT2D eigenvalue weighted by Crippen LogP contribution is -2.17. The Morgan fingerprint density at radius 3 is 2.39 bits per heavy atom. The highest BCUT2D eigenvalue weighted by atomic mass is 127. The highest BCUT2D eigenvalue weighted by Crippen LogP contribution is 2.24. The van der Waals surface area contributed by atoms with Crippen molar-refractivity contribution in [1.29, 1.82) is 0 Å². The Morgan fingerprint density at radius 2 is 1.89 bits per heavy atom. The number of halogens is 4. The summed E-state index contributed by atoms with van der Waals surface area (Å²) < 4.78 is 37.9. The van der Waals surface area contributed by atoms with E-state index in [1.54, 1.807) is 0 Å². The zero-order valence-corrected chi connectivity index (χ0v) is 12.4. The van der Waals surface area contributed by atoms with Crippen LogP contribution in [-0.4, -0.2) is 22.7 Å². The maximum Gasteiger partial charge on any atom is 0.396 e. The predicted octanol–water partition coefficient (Wildman–Crippen LogP) is 3.57. The first kappa shape index (κ1) is 15.5. The molecular formula is C11H15F3IN3. The summed E-state index contributed by atoms with van der Waals surface area (Å²) in [7, 11) is 0. The van der Waals surface area contributed by atoms with Crippen LogP contribution >= 0.6 is 22.6 Å². The Labute approximate surface area is 118 Å². The summed E-state index contributed by atoms with van der Waals surface area (Å²) in [4.78, 5) is 7.95. The van der Waals surface area contributed by atoms with Crippen molar-refractivity contribution in [2.75, 3.05) is 11.9 Å². The van der Waals surface area contributed by atoms with Gasteiger partial charge in [-0.3, -0.25) is 0 Å². The first-order valence-corrected chi connectivity index (χ1v) is 6.81. The number of hydrogen-bond donors (Lipinski definition) is 1. The van der Waals surface area contributed by atoms with E-state index >= 15 is 0 Å². The molecule has 1 heterocycles. The molecule has 0 aliphatic rings. The molecule has 102 valence electrons. The molecule has 7 heteroatoms. The van der Waals surface area contributed by atoms with Crippen molar-refractivity contribution in [3.05, 3.63) is 15.1 Å². The molecule has 0 saturated carbocycles. The molecule has 0 saturated heterocycles. The molecule has 1 rings (SSSR count). The lowest BCUT2D eigenvalue weighted by Gasteiger charge is -2.12. The molecule has 1 N–H and O–H groups in total. The van der Waals surface area contributed by atoms with Crippen LogP contribution in [0.1, 0.15) is 31.8 Å². The number of anilines is 1. The topological polar surface area (TPSA) is 37.8 Å². The van der Waals surface area contributed by atoms with Crippen LogP contribution < -0.4 is 5.32 Å². The van der Waals surface area contributed by atoms with Crippen LogP contribution in [-0.2, 0) is 12.8 Å². The number of aryl methyl sites for hydroxylation is 1. The van der Waals surface area contributed by atoms with Crippen LogP contribution in [0, 0.1) is 3.57 Å². The molecule has 0 atom stereocenters. The van der Waals surface area contributed by atoms with E-state index in [-0.39, 0.29) is 5.82 Å². The van der Waals surface area contributed by atoms with Gasteiger partial charge in [0.05, 0.1) is 9.26 Å². The van der Waals surface area contributed by atoms with Gasteiger partial charge in [-0.2, -0.15) is 13.2 Å². The number of hydrogen-bond acceptors (Lipinski definition) is 3. The van der Waals surface area contributed by atoms with Gasteiger partial charge in [-0.25, -0.2) is 9.97 Å². The van der Waals surface area contributed by atoms with E-state index in [0.29, 0.717) is 24.5 Å². The molecule has 0 fully saturated rings. The molecule has 0 radical (unpaired) electrons. The van der Waals surface area contributed by atoms with Crippen LogP contribution in [0.5, 0.6) is 0 Å². The normalized spacial score (nSPS) is 11.7. The third-order valence-electron chi connectivity index (χ3n) is 2.16. The minimum Gasteiger partial charge on any atom is -0.369 e. The molecule has 0 aliphatic carbocycles. The Morgan fingerprint density at radius 1 is 1.22 bits per heavy atom. The molecule has 0 unspecified atom stereocenters. The van der Waals surface area contributed by atoms with E-state index in [1.165, 1.54) is 0 Å². The van der Waals surface area contributed by atoms with E-state index in [2.05, 4.69) is 37.9 Å². The van der Waals surface area contributed by atoms with Gasteiger partial charge in [0.1, 0.15) is 18.1 Å². The molecule has 0 bridgehead atoms. The van der Waals surface area contributed by atoms with Gasteiger partial charge in [-0.1, -0.05) is 13.3 Å². The van der Waals surface area contributed by atoms with Crippen molar-refractivity contribution in [1.82, 2.24) is 9.97 Å². The van der Waals surface area contributed by atoms with Crippen LogP contribution in [0.15, 0.2) is 0 Å². The second-order valence-corrected chi connectivity index (χ2v) is 4.90. The molecule has 0 aliphatic heterocycles. The Balaban J connectivity index is 3.11. The zero-order valence-electron chi connectivity index (χ0n) is 10.2. The number of alkyl halides is 3. The fourth-order valence-corrected chi connectivity index (χ4v) is 2.19. The number of aromatic nitrogens is 2. The van der Waals surface area contributed by atoms with Crippen molar-refractivity contribution < 1.29 is 13.2 Å². The van der Waals surface area contributed by atoms with Crippen LogP contribution in [0.4, 0.5) is 19.0 Å². The van der Waals surface area contributed by atoms with E-state index in [1.807, 2.05) is 13.8 Å². The van der Waals surface area contributed by atoms with Gasteiger partial charge in [-0.05, 0) is 35.9 Å². The fraction of sp³-hybridized carbons (Fsp3) is 0.636. The van der Waals surface area contributed by atoms with Crippen molar-refractivity contribution >= 4 is 28.4 Å². The van der Waals surface area contributed by atoms with E-state index in [0.717, 1.165) is 9.99 Å². The van der Waals surface area contributed by atoms with E-state index in [4.69, 9.17) is 0 Å². The van der Waals surface area contributed by atoms with E-state index in [9.17, 15) is 13.2 Å². The lowest BCUT2D eigenvalue weighted by molar-refractivity contribution is -0.128. The van der Waals surface area contributed by atoms with Crippen molar-refractivity contribution in [2.24, 2.45) is 0 Å². The number of nitrogens with zero attached hydrogens (tertiary/aromatic N) is 2. The van der Waals surface area contributed by atoms with Gasteiger partial charge in [0.2, 0.25) is 0 Å². The van der Waals surface area contributed by atoms with Crippen LogP contribution in [0.3, 0.4) is 0 Å². The van der Waals surface area contributed by atoms with Gasteiger partial charge in [0.15, 0.2) is 0 Å². The third kappa shape index (κ3) is 4.58. The summed E-state index contributed by atoms with van der Waals surface area (Å²) in [5.41, 5.74) is 0.684. The van der Waals surface area contributed by atoms with Gasteiger partial charge in [0, 0.05) is 6.54 Å². The lowest BCUT2D eigenvalue weighted by atomic mass is 10.2. The number of nitrogens with one attached hydrogen (secondary N) is 1. The summed E-state index contributed by atoms with van der Waals surface area (Å²) in [5.74, 6) is 0.332. The maximum absolute atomic E-state index is 12.4. The summed E-state index contributed by atoms with van der Waals surface area (Å²) in [5, 5.41) is 2.97. The SMILES string of the molecule is CCCc1nc(CC(F)(F)F)nc(NCC)c1I. The second kappa shape index (κ2) is 6.53. The van der Waals surface area contributed by atoms with Gasteiger partial charge in [-0.15, -0.1) is 0 Å². The van der Waals surface area contributed by atoms with Gasteiger partial charge < -0.3 is 5.32 Å². The quantitative estimate of drug-likeness (QED) is 0.802. The van der Waals surface area contributed by atoms with Gasteiger partial charge >= 0.3 is 6.18 Å². The Hall–Kier alpha value is -0.600. The second-order valence-electron chi connectivity index (χ2n) is 3.82. The van der Waals surface area contributed by atoms with Crippen LogP contribution in [0.2, 0.25) is 0 Å². The summed E-state index contributed by atoms with van der Waals surface area (Å²) >= 11 is 2.07. The Bertz CT molecular complexity index is 380. The average molecular weight is 373 g/mol. The highest BCUT2D eigenvalue weighted by Gasteiger charge is 2.30. The molecule has 3 nitrogen and oxygen atoms in total. The van der Waals surface area contributed by atoms with Gasteiger partial charge in [0.25, 0.3) is 0 Å². The van der Waals surface area contributed by atoms with Crippen molar-refractivity contribution in [3.63, 3.8) is 0 Å². The number of rotatable bonds is 5. The minimum absolute atomic E-state index is 0.165. The summed E-state index contributed by atoms with van der Waals surface area (Å²) in [6.45, 7) is 4.46. The standard InChI is InChI=1S/C11H15F3IN3/c1-3-5-7-9(15)10(16-4-2)18-8(17-7)6-11(12,13)14/h3-6H2,1-2H3,(H,16,17,18). The minimum atomic E-state index is -4.28. The molecule has 1 aromatic rings. The summed E-state index contributed by atoms with van der Waals surface area (Å²) in [6.07, 6.45) is -3.87. The van der Waals surface area contributed by atoms with Crippen molar-refractivity contribution in [2.45, 2.75) is 39.3 Å². The molecule has 1 aromatic heterocycles.